The van der Waals surface area contributed by atoms with Crippen LogP contribution in [0.2, 0.25) is 0 Å². The van der Waals surface area contributed by atoms with E-state index in [9.17, 15) is 67.1 Å². The molecular formula is C113H141N7O14. The summed E-state index contributed by atoms with van der Waals surface area (Å²) in [4.78, 5) is 174. The van der Waals surface area contributed by atoms with Gasteiger partial charge in [0.05, 0.1) is 5.69 Å². The predicted molar refractivity (Wildman–Crippen MR) is 515 cm³/mol. The van der Waals surface area contributed by atoms with E-state index in [1.807, 2.05) is 12.1 Å². The van der Waals surface area contributed by atoms with Gasteiger partial charge in [-0.05, 0) is 352 Å². The van der Waals surface area contributed by atoms with Gasteiger partial charge in [0, 0.05) is 120 Å². The Morgan fingerprint density at radius 1 is 0.231 bits per heavy atom. The van der Waals surface area contributed by atoms with Crippen molar-refractivity contribution in [3.8, 4) is 0 Å². The molecule has 1 aromatic rings. The molecule has 21 aliphatic rings. The molecule has 0 radical (unpaired) electrons. The third-order valence-corrected chi connectivity index (χ3v) is 34.5. The first-order chi connectivity index (χ1) is 64.4. The fourth-order valence-corrected chi connectivity index (χ4v) is 25.9. The summed E-state index contributed by atoms with van der Waals surface area (Å²) in [6.45, 7) is 19.2. The number of fused-ring (bicyclic) bond motifs is 14. The van der Waals surface area contributed by atoms with Crippen LogP contribution in [-0.2, 0) is 73.5 Å². The average molecular weight is 1820 g/mol. The molecule has 7 fully saturated rings. The first-order valence-electron chi connectivity index (χ1n) is 51.1. The molecule has 0 aromatic heterocycles. The number of unbranched alkanes of at least 4 members (excludes halogenated alkanes) is 6. The molecule has 14 aliphatic carbocycles. The van der Waals surface area contributed by atoms with Crippen LogP contribution < -0.4 is 4.90 Å². The van der Waals surface area contributed by atoms with Crippen LogP contribution in [-0.4, -0.2) is 151 Å². The molecule has 14 bridgehead atoms. The lowest BCUT2D eigenvalue weighted by atomic mass is 9.88. The monoisotopic (exact) mass is 1820 g/mol. The van der Waals surface area contributed by atoms with Gasteiger partial charge in [-0.25, -0.2) is 4.90 Å². The Morgan fingerprint density at radius 3 is 0.806 bits per heavy atom. The van der Waals surface area contributed by atoms with Crippen LogP contribution in [0.3, 0.4) is 0 Å². The molecule has 7 aliphatic heterocycles. The summed E-state index contributed by atoms with van der Waals surface area (Å²) in [7, 11) is 0. The maximum Gasteiger partial charge on any atom is 0.261 e. The summed E-state index contributed by atoms with van der Waals surface area (Å²) < 4.78 is 0. The van der Waals surface area contributed by atoms with Crippen LogP contribution in [0.5, 0.6) is 0 Å². The van der Waals surface area contributed by atoms with Crippen molar-refractivity contribution in [1.82, 2.24) is 29.4 Å². The smallest absolute Gasteiger partial charge is 0.261 e. The average Bonchev–Trinajstić information content (AvgIpc) is 1.63. The number of amides is 14. The molecule has 7 saturated carbocycles. The first-order valence-corrected chi connectivity index (χ1v) is 51.1. The van der Waals surface area contributed by atoms with Crippen molar-refractivity contribution in [2.75, 3.05) is 44.2 Å². The largest absolute Gasteiger partial charge is 0.275 e. The van der Waals surface area contributed by atoms with Gasteiger partial charge in [0.15, 0.2) is 0 Å². The van der Waals surface area contributed by atoms with Gasteiger partial charge in [0.25, 0.3) is 82.7 Å². The van der Waals surface area contributed by atoms with Gasteiger partial charge in [0.1, 0.15) is 0 Å². The number of hydrogen-bond acceptors (Lipinski definition) is 14. The molecule has 134 heavy (non-hydrogen) atoms. The van der Waals surface area contributed by atoms with E-state index in [0.717, 1.165) is 141 Å². The third kappa shape index (κ3) is 21.5. The van der Waals surface area contributed by atoms with Crippen molar-refractivity contribution < 1.29 is 67.1 Å². The molecule has 0 spiro atoms. The first kappa shape index (κ1) is 96.7. The Morgan fingerprint density at radius 2 is 0.500 bits per heavy atom. The lowest BCUT2D eigenvalue weighted by Gasteiger charge is -2.23. The topological polar surface area (TPSA) is 262 Å². The fraction of sp³-hybridized carbons (Fsp3) is 0.575. The number of anilines is 1. The number of benzene rings is 1. The van der Waals surface area contributed by atoms with Gasteiger partial charge in [-0.15, -0.1) is 0 Å². The third-order valence-electron chi connectivity index (χ3n) is 34.5. The summed E-state index contributed by atoms with van der Waals surface area (Å²) in [5.41, 5.74) is 7.34. The van der Waals surface area contributed by atoms with E-state index in [2.05, 4.69) is 97.2 Å². The molecule has 0 N–H and O–H groups in total. The Kier molecular flexibility index (Phi) is 30.6. The Balaban J connectivity index is 0.000000114. The van der Waals surface area contributed by atoms with Crippen molar-refractivity contribution in [1.29, 1.82) is 0 Å². The van der Waals surface area contributed by atoms with E-state index in [1.54, 1.807) is 62.3 Å². The Hall–Kier alpha value is -10.4. The van der Waals surface area contributed by atoms with Gasteiger partial charge in [0.2, 0.25) is 0 Å². The fourth-order valence-electron chi connectivity index (χ4n) is 25.9. The Labute approximate surface area is 792 Å². The van der Waals surface area contributed by atoms with E-state index >= 15 is 0 Å². The Bertz CT molecular complexity index is 5170. The number of carbonyl (C=O) groups is 14. The normalized spacial score (nSPS) is 32.6. The predicted octanol–water partition coefficient (Wildman–Crippen LogP) is 18.6. The highest BCUT2D eigenvalue weighted by Crippen LogP contribution is 2.52. The highest BCUT2D eigenvalue weighted by molar-refractivity contribution is 6.32. The standard InChI is InChI=1S/C21H23NO2.C19H27NO2.C18H25NO2.C17H23NO2.2C13H15NO2.C12H13NO2/c1-13-14(2)21(24)22(20(13)23)19-9-5-15(6-10-19)3-7-17-11-16-4-8-18(17)12-16;1-13-14(2)19(22)20(18(13)21)10-6-4-3-5-7-16-11-15-8-9-17(16)12-15;1-12-13(2)18(21)19(17(12)20)9-5-3-4-6-15-10-14-7-8-16(15)11-14;1-11-12(2)17(20)18(16(11)19)8-4-3-5-14-9-13-6-7-15(14)10-13;1-8-4-12(15)14(13(8)16)7-11-6-9-2-3-10(11)5-9;15-12-3-4-13(16)14(12)6-5-11-8-9-1-2-10(11)7-9;14-11-3-4-12(15)13(11)7-10-6-8-1-2-9(10)5-8/h4-6,8-10,16-18H,3,7,11-12H2,1-2H3;8-9,15-17H,3-7,10-12H2,1-2H3;7-8,14-16H,3-6,9-11H2,1-2H3;6-7,13-15H,3-5,8-10H2,1-2H3;2-4,9-11H,5-7H2,1H3;1-4,9-11H,5-8H2;1-4,8-10H,5-7H2. The van der Waals surface area contributed by atoms with E-state index in [-0.39, 0.29) is 82.7 Å². The van der Waals surface area contributed by atoms with Crippen LogP contribution in [0.15, 0.2) is 190 Å². The maximum atomic E-state index is 12.2. The van der Waals surface area contributed by atoms with Crippen molar-refractivity contribution in [3.05, 3.63) is 195 Å². The zero-order valence-corrected chi connectivity index (χ0v) is 80.5. The van der Waals surface area contributed by atoms with Crippen molar-refractivity contribution >= 4 is 88.4 Å². The summed E-state index contributed by atoms with van der Waals surface area (Å²) >= 11 is 0. The van der Waals surface area contributed by atoms with E-state index in [4.69, 9.17) is 0 Å². The number of nitrogens with zero attached hydrogens (tertiary/aromatic N) is 7. The minimum absolute atomic E-state index is 0.0868. The molecule has 14 amide bonds. The quantitative estimate of drug-likeness (QED) is 0.0410. The lowest BCUT2D eigenvalue weighted by Crippen LogP contribution is -2.36. The number of imide groups is 7. The number of hydrogen-bond donors (Lipinski definition) is 0. The molecule has 1 aromatic carbocycles. The van der Waals surface area contributed by atoms with E-state index in [1.165, 1.54) is 192 Å². The van der Waals surface area contributed by atoms with Gasteiger partial charge >= 0.3 is 0 Å². The van der Waals surface area contributed by atoms with E-state index in [0.29, 0.717) is 142 Å². The molecule has 22 rings (SSSR count). The van der Waals surface area contributed by atoms with Crippen LogP contribution in [0.4, 0.5) is 5.69 Å². The lowest BCUT2D eigenvalue weighted by molar-refractivity contribution is -0.139. The highest BCUT2D eigenvalue weighted by Gasteiger charge is 2.46. The molecule has 21 heteroatoms. The minimum atomic E-state index is -0.195. The zero-order chi connectivity index (χ0) is 94.6. The number of rotatable bonds is 29. The number of allylic oxidation sites excluding steroid dienone is 14. The van der Waals surface area contributed by atoms with Gasteiger partial charge in [-0.1, -0.05) is 136 Å². The van der Waals surface area contributed by atoms with E-state index < -0.39 is 0 Å². The highest BCUT2D eigenvalue weighted by atomic mass is 16.2. The molecule has 712 valence electrons. The van der Waals surface area contributed by atoms with Gasteiger partial charge in [-0.3, -0.25) is 96.5 Å². The molecule has 21 atom stereocenters. The SMILES string of the molecule is CC1=C(C)C(=O)N(CCCCC2CC3C=CC2C3)C1=O.CC1=C(C)C(=O)N(CCCCCC2CC3C=CC2C3)C1=O.CC1=C(C)C(=O)N(CCCCCCC2CC3C=CC2C3)C1=O.CC1=C(C)C(=O)N(c2ccc(CCC3CC4C=CC3C4)cc2)C1=O.CC1=CC(=O)N(CC2CC3C=CC2C3)C1=O.O=C1C=CC(=O)N1CC1CC2C=CC1C2.O=C1C=CC(=O)N1CCC1CC2C=CC1C2. The second-order valence-electron chi connectivity index (χ2n) is 42.9. The minimum Gasteiger partial charge on any atom is -0.275 e. The van der Waals surface area contributed by atoms with Crippen molar-refractivity contribution in [2.24, 2.45) is 124 Å². The number of carbonyl (C=O) groups excluding carboxylic acids is 14. The van der Waals surface area contributed by atoms with Crippen LogP contribution >= 0.6 is 0 Å². The van der Waals surface area contributed by atoms with Gasteiger partial charge in [-0.2, -0.15) is 0 Å². The molecule has 21 unspecified atom stereocenters. The zero-order valence-electron chi connectivity index (χ0n) is 80.5. The summed E-state index contributed by atoms with van der Waals surface area (Å²) in [6.07, 6.45) is 75.1. The molecule has 0 saturated heterocycles. The molecule has 21 nitrogen and oxygen atoms in total. The second kappa shape index (κ2) is 42.4. The number of aryl methyl sites for hydroxylation is 1. The second-order valence-corrected chi connectivity index (χ2v) is 42.9. The summed E-state index contributed by atoms with van der Waals surface area (Å²) in [6, 6.07) is 7.92. The molecule has 7 heterocycles. The summed E-state index contributed by atoms with van der Waals surface area (Å²) in [5, 5.41) is 0. The van der Waals surface area contributed by atoms with Gasteiger partial charge < -0.3 is 0 Å². The molecular weight excluding hydrogens is 1680 g/mol. The summed E-state index contributed by atoms with van der Waals surface area (Å²) in [5.74, 6) is 14.1. The van der Waals surface area contributed by atoms with Crippen LogP contribution in [0.1, 0.15) is 248 Å². The van der Waals surface area contributed by atoms with Crippen LogP contribution in [0, 0.1) is 124 Å². The van der Waals surface area contributed by atoms with Crippen LogP contribution in [0.25, 0.3) is 0 Å². The van der Waals surface area contributed by atoms with Crippen molar-refractivity contribution in [2.45, 2.75) is 249 Å². The maximum absolute atomic E-state index is 12.2. The van der Waals surface area contributed by atoms with Crippen molar-refractivity contribution in [3.63, 3.8) is 0 Å².